The van der Waals surface area contributed by atoms with Gasteiger partial charge >= 0.3 is 6.16 Å². The normalized spacial score (nSPS) is 15.1. The summed E-state index contributed by atoms with van der Waals surface area (Å²) < 4.78 is 15.2. The second-order valence-electron chi connectivity index (χ2n) is 8.95. The number of hydrogen-bond donors (Lipinski definition) is 2. The number of aryl methyl sites for hydroxylation is 1. The molecule has 2 aromatic carbocycles. The Hall–Kier alpha value is -3.45. The maximum atomic E-state index is 11.5. The van der Waals surface area contributed by atoms with Crippen LogP contribution in [-0.2, 0) is 11.2 Å². The van der Waals surface area contributed by atoms with E-state index >= 15 is 0 Å². The third-order valence-corrected chi connectivity index (χ3v) is 6.98. The highest BCUT2D eigenvalue weighted by molar-refractivity contribution is 5.86. The molecule has 178 valence electrons. The predicted octanol–water partition coefficient (Wildman–Crippen LogP) is 5.62. The van der Waals surface area contributed by atoms with Crippen molar-refractivity contribution >= 4 is 28.0 Å². The highest BCUT2D eigenvalue weighted by atomic mass is 16.7. The fourth-order valence-corrected chi connectivity index (χ4v) is 5.12. The van der Waals surface area contributed by atoms with Gasteiger partial charge in [0.15, 0.2) is 0 Å². The zero-order chi connectivity index (χ0) is 23.5. The Morgan fingerprint density at radius 1 is 0.971 bits per heavy atom. The summed E-state index contributed by atoms with van der Waals surface area (Å²) in [5.41, 5.74) is 4.87. The number of nitrogens with zero attached hydrogens (tertiary/aromatic N) is 1. The number of aromatic nitrogens is 2. The Bertz CT molecular complexity index is 1280. The van der Waals surface area contributed by atoms with E-state index in [4.69, 9.17) is 9.47 Å². The Morgan fingerprint density at radius 3 is 2.56 bits per heavy atom. The number of nitrogens with one attached hydrogen (secondary N) is 2. The van der Waals surface area contributed by atoms with Crippen molar-refractivity contribution in [3.63, 3.8) is 0 Å². The van der Waals surface area contributed by atoms with Gasteiger partial charge in [-0.3, -0.25) is 0 Å². The fraction of sp³-hybridized carbons (Fsp3) is 0.370. The minimum absolute atomic E-state index is 0.502. The molecule has 0 atom stereocenters. The first-order valence-electron chi connectivity index (χ1n) is 11.9. The average Bonchev–Trinajstić information content (AvgIpc) is 3.48. The maximum absolute atomic E-state index is 11.5. The third-order valence-electron chi connectivity index (χ3n) is 6.98. The van der Waals surface area contributed by atoms with Crippen molar-refractivity contribution < 1.29 is 19.0 Å². The summed E-state index contributed by atoms with van der Waals surface area (Å²) in [6, 6.07) is 11.9. The van der Waals surface area contributed by atoms with Gasteiger partial charge < -0.3 is 29.1 Å². The van der Waals surface area contributed by atoms with Gasteiger partial charge in [0.1, 0.15) is 11.5 Å². The quantitative estimate of drug-likeness (QED) is 0.276. The standard InChI is InChI=1S/C27H31N3O4/c1-32-20-5-7-22-19(16-28-26(22)15-20)4-3-11-30-12-9-18(10-13-30)24-17-29-25-8-6-21(14-23(24)25)34-27(31)33-2/h5-8,14-18,28-29H,3-4,9-13H2,1-2H3. The number of likely N-dealkylation sites (tertiary alicyclic amines) is 1. The second-order valence-corrected chi connectivity index (χ2v) is 8.95. The molecule has 0 amide bonds. The molecule has 5 rings (SSSR count). The molecule has 34 heavy (non-hydrogen) atoms. The second kappa shape index (κ2) is 9.81. The van der Waals surface area contributed by atoms with Crippen LogP contribution in [0.25, 0.3) is 21.8 Å². The van der Waals surface area contributed by atoms with Crippen molar-refractivity contribution in [3.05, 3.63) is 59.9 Å². The Kier molecular flexibility index (Phi) is 6.45. The van der Waals surface area contributed by atoms with Crippen LogP contribution in [0.2, 0.25) is 0 Å². The zero-order valence-corrected chi connectivity index (χ0v) is 19.7. The van der Waals surface area contributed by atoms with Crippen LogP contribution in [0.15, 0.2) is 48.8 Å². The summed E-state index contributed by atoms with van der Waals surface area (Å²) in [7, 11) is 3.01. The van der Waals surface area contributed by atoms with E-state index in [0.717, 1.165) is 67.5 Å². The molecule has 1 saturated heterocycles. The molecule has 0 unspecified atom stereocenters. The lowest BCUT2D eigenvalue weighted by Crippen LogP contribution is -2.33. The van der Waals surface area contributed by atoms with Crippen LogP contribution in [0.1, 0.15) is 36.3 Å². The van der Waals surface area contributed by atoms with E-state index < -0.39 is 6.16 Å². The van der Waals surface area contributed by atoms with E-state index in [1.807, 2.05) is 18.2 Å². The number of methoxy groups -OCH3 is 2. The van der Waals surface area contributed by atoms with Crippen LogP contribution in [0.4, 0.5) is 4.79 Å². The summed E-state index contributed by atoms with van der Waals surface area (Å²) in [6.07, 6.45) is 8.01. The molecular formula is C27H31N3O4. The number of carbonyl (C=O) groups excluding carboxylic acids is 1. The summed E-state index contributed by atoms with van der Waals surface area (Å²) in [5.74, 6) is 1.89. The summed E-state index contributed by atoms with van der Waals surface area (Å²) in [6.45, 7) is 3.31. The van der Waals surface area contributed by atoms with Crippen LogP contribution < -0.4 is 9.47 Å². The molecule has 2 aromatic heterocycles. The molecule has 1 aliphatic rings. The van der Waals surface area contributed by atoms with Crippen molar-refractivity contribution in [1.82, 2.24) is 14.9 Å². The number of H-pyrrole nitrogens is 2. The number of hydrogen-bond acceptors (Lipinski definition) is 5. The van der Waals surface area contributed by atoms with Gasteiger partial charge in [-0.25, -0.2) is 4.79 Å². The summed E-state index contributed by atoms with van der Waals surface area (Å²) in [5, 5.41) is 2.41. The molecule has 3 heterocycles. The first-order valence-corrected chi connectivity index (χ1v) is 11.9. The molecule has 7 heteroatoms. The van der Waals surface area contributed by atoms with Crippen LogP contribution in [0.5, 0.6) is 11.5 Å². The van der Waals surface area contributed by atoms with E-state index in [2.05, 4.69) is 44.1 Å². The Labute approximate surface area is 199 Å². The van der Waals surface area contributed by atoms with E-state index in [0.29, 0.717) is 11.7 Å². The van der Waals surface area contributed by atoms with Gasteiger partial charge in [-0.1, -0.05) is 0 Å². The number of benzene rings is 2. The molecule has 1 aliphatic heterocycles. The maximum Gasteiger partial charge on any atom is 0.513 e. The Morgan fingerprint density at radius 2 is 1.76 bits per heavy atom. The van der Waals surface area contributed by atoms with Crippen LogP contribution >= 0.6 is 0 Å². The molecule has 0 aliphatic carbocycles. The van der Waals surface area contributed by atoms with Gasteiger partial charge in [0, 0.05) is 40.3 Å². The van der Waals surface area contributed by atoms with Crippen LogP contribution in [0, 0.1) is 0 Å². The molecule has 0 bridgehead atoms. The number of piperidine rings is 1. The zero-order valence-electron chi connectivity index (χ0n) is 19.7. The SMILES string of the molecule is COC(=O)Oc1ccc2[nH]cc(C3CCN(CCCc4c[nH]c5cc(OC)ccc45)CC3)c2c1. The predicted molar refractivity (Wildman–Crippen MR) is 133 cm³/mol. The number of rotatable bonds is 7. The van der Waals surface area contributed by atoms with Crippen molar-refractivity contribution in [2.45, 2.75) is 31.6 Å². The van der Waals surface area contributed by atoms with Gasteiger partial charge in [-0.05, 0) is 92.7 Å². The van der Waals surface area contributed by atoms with Crippen molar-refractivity contribution in [2.75, 3.05) is 33.9 Å². The number of aromatic amines is 2. The largest absolute Gasteiger partial charge is 0.513 e. The van der Waals surface area contributed by atoms with Crippen molar-refractivity contribution in [1.29, 1.82) is 0 Å². The van der Waals surface area contributed by atoms with Gasteiger partial charge in [0.05, 0.1) is 14.2 Å². The van der Waals surface area contributed by atoms with Gasteiger partial charge in [-0.15, -0.1) is 0 Å². The van der Waals surface area contributed by atoms with E-state index in [-0.39, 0.29) is 0 Å². The number of carbonyl (C=O) groups is 1. The smallest absolute Gasteiger partial charge is 0.497 e. The molecule has 7 nitrogen and oxygen atoms in total. The molecule has 4 aromatic rings. The van der Waals surface area contributed by atoms with E-state index in [9.17, 15) is 4.79 Å². The molecule has 0 saturated carbocycles. The van der Waals surface area contributed by atoms with Crippen molar-refractivity contribution in [3.8, 4) is 11.5 Å². The third kappa shape index (κ3) is 4.61. The van der Waals surface area contributed by atoms with Gasteiger partial charge in [0.2, 0.25) is 0 Å². The topological polar surface area (TPSA) is 79.6 Å². The van der Waals surface area contributed by atoms with Crippen LogP contribution in [0.3, 0.4) is 0 Å². The Balaban J connectivity index is 1.16. The molecule has 2 N–H and O–H groups in total. The van der Waals surface area contributed by atoms with Crippen molar-refractivity contribution in [2.24, 2.45) is 0 Å². The van der Waals surface area contributed by atoms with Crippen LogP contribution in [-0.4, -0.2) is 54.9 Å². The lowest BCUT2D eigenvalue weighted by molar-refractivity contribution is 0.121. The monoisotopic (exact) mass is 461 g/mol. The lowest BCUT2D eigenvalue weighted by Gasteiger charge is -2.32. The highest BCUT2D eigenvalue weighted by Crippen LogP contribution is 2.35. The molecule has 1 fully saturated rings. The minimum atomic E-state index is -0.697. The molecular weight excluding hydrogens is 430 g/mol. The van der Waals surface area contributed by atoms with E-state index in [1.165, 1.54) is 23.6 Å². The van der Waals surface area contributed by atoms with Gasteiger partial charge in [-0.2, -0.15) is 0 Å². The molecule has 0 radical (unpaired) electrons. The molecule has 0 spiro atoms. The average molecular weight is 462 g/mol. The first kappa shape index (κ1) is 22.3. The minimum Gasteiger partial charge on any atom is -0.497 e. The number of ether oxygens (including phenoxy) is 3. The lowest BCUT2D eigenvalue weighted by atomic mass is 9.89. The van der Waals surface area contributed by atoms with Gasteiger partial charge in [0.25, 0.3) is 0 Å². The summed E-state index contributed by atoms with van der Waals surface area (Å²) in [4.78, 5) is 20.8. The summed E-state index contributed by atoms with van der Waals surface area (Å²) >= 11 is 0. The highest BCUT2D eigenvalue weighted by Gasteiger charge is 2.23. The first-order chi connectivity index (χ1) is 16.6. The fourth-order valence-electron chi connectivity index (χ4n) is 5.12. The van der Waals surface area contributed by atoms with E-state index in [1.54, 1.807) is 13.2 Å². The number of fused-ring (bicyclic) bond motifs is 2.